The SMILES string of the molecule is O[C@@H](CN1CCCCC1)c1ccc2ccccc2c1. The number of benzene rings is 2. The summed E-state index contributed by atoms with van der Waals surface area (Å²) in [6.45, 7) is 3.02. The first kappa shape index (κ1) is 12.6. The van der Waals surface area contributed by atoms with E-state index in [2.05, 4.69) is 35.2 Å². The lowest BCUT2D eigenvalue weighted by atomic mass is 10.0. The summed E-state index contributed by atoms with van der Waals surface area (Å²) >= 11 is 0. The first-order valence-electron chi connectivity index (χ1n) is 7.22. The summed E-state index contributed by atoms with van der Waals surface area (Å²) in [7, 11) is 0. The molecular weight excluding hydrogens is 234 g/mol. The third-order valence-electron chi connectivity index (χ3n) is 4.04. The van der Waals surface area contributed by atoms with E-state index in [1.54, 1.807) is 0 Å². The fourth-order valence-electron chi connectivity index (χ4n) is 2.91. The molecule has 1 heterocycles. The van der Waals surface area contributed by atoms with Crippen LogP contribution in [0.4, 0.5) is 0 Å². The highest BCUT2D eigenvalue weighted by Crippen LogP contribution is 2.22. The summed E-state index contributed by atoms with van der Waals surface area (Å²) < 4.78 is 0. The van der Waals surface area contributed by atoms with Crippen LogP contribution in [0.5, 0.6) is 0 Å². The average Bonchev–Trinajstić information content (AvgIpc) is 2.48. The van der Waals surface area contributed by atoms with Crippen LogP contribution in [0.1, 0.15) is 30.9 Å². The molecular formula is C17H21NO. The largest absolute Gasteiger partial charge is 0.387 e. The molecule has 0 aliphatic carbocycles. The van der Waals surface area contributed by atoms with Crippen LogP contribution in [0.2, 0.25) is 0 Å². The number of rotatable bonds is 3. The van der Waals surface area contributed by atoms with Crippen molar-refractivity contribution in [1.82, 2.24) is 4.90 Å². The van der Waals surface area contributed by atoms with Gasteiger partial charge in [0.25, 0.3) is 0 Å². The molecule has 1 N–H and O–H groups in total. The maximum absolute atomic E-state index is 10.4. The fourth-order valence-corrected chi connectivity index (χ4v) is 2.91. The zero-order valence-corrected chi connectivity index (χ0v) is 11.3. The minimum absolute atomic E-state index is 0.372. The number of β-amino-alcohol motifs (C(OH)–C–C–N with tert-alkyl or cyclic N) is 1. The van der Waals surface area contributed by atoms with Gasteiger partial charge in [0, 0.05) is 6.54 Å². The Hall–Kier alpha value is -1.38. The monoisotopic (exact) mass is 255 g/mol. The van der Waals surface area contributed by atoms with Gasteiger partial charge in [-0.25, -0.2) is 0 Å². The summed E-state index contributed by atoms with van der Waals surface area (Å²) in [4.78, 5) is 2.38. The van der Waals surface area contributed by atoms with E-state index in [9.17, 15) is 5.11 Å². The summed E-state index contributed by atoms with van der Waals surface area (Å²) in [5, 5.41) is 12.8. The van der Waals surface area contributed by atoms with Gasteiger partial charge < -0.3 is 10.0 Å². The number of hydrogen-bond donors (Lipinski definition) is 1. The Bertz CT molecular complexity index is 546. The number of fused-ring (bicyclic) bond motifs is 1. The van der Waals surface area contributed by atoms with Gasteiger partial charge in [0.2, 0.25) is 0 Å². The Morgan fingerprint density at radius 3 is 2.47 bits per heavy atom. The van der Waals surface area contributed by atoms with Crippen molar-refractivity contribution in [2.75, 3.05) is 19.6 Å². The molecule has 0 spiro atoms. The summed E-state index contributed by atoms with van der Waals surface area (Å²) in [5.41, 5.74) is 1.03. The lowest BCUT2D eigenvalue weighted by Gasteiger charge is -2.28. The second-order valence-corrected chi connectivity index (χ2v) is 5.48. The number of nitrogens with zero attached hydrogens (tertiary/aromatic N) is 1. The molecule has 3 rings (SSSR count). The van der Waals surface area contributed by atoms with Gasteiger partial charge in [0.15, 0.2) is 0 Å². The second-order valence-electron chi connectivity index (χ2n) is 5.48. The molecule has 0 saturated carbocycles. The van der Waals surface area contributed by atoms with Crippen LogP contribution in [-0.2, 0) is 0 Å². The van der Waals surface area contributed by atoms with Crippen LogP contribution in [0, 0.1) is 0 Å². The van der Waals surface area contributed by atoms with Crippen LogP contribution in [0.25, 0.3) is 10.8 Å². The van der Waals surface area contributed by atoms with E-state index in [0.717, 1.165) is 25.2 Å². The number of likely N-dealkylation sites (tertiary alicyclic amines) is 1. The molecule has 2 aromatic rings. The Balaban J connectivity index is 1.75. The maximum atomic E-state index is 10.4. The van der Waals surface area contributed by atoms with Gasteiger partial charge >= 0.3 is 0 Å². The first-order valence-corrected chi connectivity index (χ1v) is 7.22. The number of aliphatic hydroxyl groups excluding tert-OH is 1. The van der Waals surface area contributed by atoms with Gasteiger partial charge in [-0.2, -0.15) is 0 Å². The summed E-state index contributed by atoms with van der Waals surface area (Å²) in [5.74, 6) is 0. The van der Waals surface area contributed by atoms with Gasteiger partial charge in [-0.05, 0) is 48.3 Å². The predicted octanol–water partition coefficient (Wildman–Crippen LogP) is 3.36. The van der Waals surface area contributed by atoms with E-state index in [1.165, 1.54) is 30.0 Å². The molecule has 2 aromatic carbocycles. The van der Waals surface area contributed by atoms with Crippen LogP contribution in [0.15, 0.2) is 42.5 Å². The van der Waals surface area contributed by atoms with Crippen LogP contribution >= 0.6 is 0 Å². The van der Waals surface area contributed by atoms with Crippen molar-refractivity contribution in [2.45, 2.75) is 25.4 Å². The summed E-state index contributed by atoms with van der Waals surface area (Å²) in [6.07, 6.45) is 3.50. The molecule has 0 amide bonds. The van der Waals surface area contributed by atoms with Crippen molar-refractivity contribution >= 4 is 10.8 Å². The molecule has 1 fully saturated rings. The van der Waals surface area contributed by atoms with Gasteiger partial charge in [0.1, 0.15) is 0 Å². The molecule has 2 nitrogen and oxygen atoms in total. The van der Waals surface area contributed by atoms with Gasteiger partial charge in [0.05, 0.1) is 6.10 Å². The molecule has 0 aromatic heterocycles. The maximum Gasteiger partial charge on any atom is 0.0917 e. The predicted molar refractivity (Wildman–Crippen MR) is 79.2 cm³/mol. The van der Waals surface area contributed by atoms with Crippen molar-refractivity contribution in [3.63, 3.8) is 0 Å². The zero-order valence-electron chi connectivity index (χ0n) is 11.3. The van der Waals surface area contributed by atoms with Gasteiger partial charge in [-0.15, -0.1) is 0 Å². The van der Waals surface area contributed by atoms with E-state index in [0.29, 0.717) is 0 Å². The highest BCUT2D eigenvalue weighted by atomic mass is 16.3. The average molecular weight is 255 g/mol. The first-order chi connectivity index (χ1) is 9.33. The normalized spacial score (nSPS) is 18.6. The highest BCUT2D eigenvalue weighted by molar-refractivity contribution is 5.83. The van der Waals surface area contributed by atoms with Crippen molar-refractivity contribution in [1.29, 1.82) is 0 Å². The molecule has 1 saturated heterocycles. The Kier molecular flexibility index (Phi) is 3.81. The standard InChI is InChI=1S/C17H21NO/c19-17(13-18-10-4-1-5-11-18)16-9-8-14-6-2-3-7-15(14)12-16/h2-3,6-9,12,17,19H,1,4-5,10-11,13H2/t17-/m0/s1. The van der Waals surface area contributed by atoms with Crippen LogP contribution in [0.3, 0.4) is 0 Å². The molecule has 0 bridgehead atoms. The Morgan fingerprint density at radius 2 is 1.68 bits per heavy atom. The van der Waals surface area contributed by atoms with Crippen molar-refractivity contribution in [2.24, 2.45) is 0 Å². The van der Waals surface area contributed by atoms with E-state index < -0.39 is 0 Å². The Labute approximate surface area is 114 Å². The Morgan fingerprint density at radius 1 is 0.947 bits per heavy atom. The topological polar surface area (TPSA) is 23.5 Å². The highest BCUT2D eigenvalue weighted by Gasteiger charge is 2.15. The van der Waals surface area contributed by atoms with E-state index >= 15 is 0 Å². The zero-order chi connectivity index (χ0) is 13.1. The minimum atomic E-state index is -0.372. The van der Waals surface area contributed by atoms with Gasteiger partial charge in [-0.3, -0.25) is 0 Å². The fraction of sp³-hybridized carbons (Fsp3) is 0.412. The molecule has 2 heteroatoms. The smallest absolute Gasteiger partial charge is 0.0917 e. The van der Waals surface area contributed by atoms with Crippen molar-refractivity contribution in [3.8, 4) is 0 Å². The molecule has 100 valence electrons. The minimum Gasteiger partial charge on any atom is -0.387 e. The van der Waals surface area contributed by atoms with Crippen molar-refractivity contribution < 1.29 is 5.11 Å². The molecule has 1 aliphatic heterocycles. The molecule has 0 unspecified atom stereocenters. The van der Waals surface area contributed by atoms with Crippen molar-refractivity contribution in [3.05, 3.63) is 48.0 Å². The lowest BCUT2D eigenvalue weighted by molar-refractivity contribution is 0.102. The van der Waals surface area contributed by atoms with Gasteiger partial charge in [-0.1, -0.05) is 42.8 Å². The van der Waals surface area contributed by atoms with E-state index in [-0.39, 0.29) is 6.10 Å². The number of aliphatic hydroxyl groups is 1. The van der Waals surface area contributed by atoms with Crippen LogP contribution < -0.4 is 0 Å². The summed E-state index contributed by atoms with van der Waals surface area (Å²) in [6, 6.07) is 14.6. The molecule has 0 radical (unpaired) electrons. The number of hydrogen-bond acceptors (Lipinski definition) is 2. The number of piperidine rings is 1. The molecule has 1 atom stereocenters. The third kappa shape index (κ3) is 2.96. The molecule has 19 heavy (non-hydrogen) atoms. The second kappa shape index (κ2) is 5.72. The quantitative estimate of drug-likeness (QED) is 0.909. The van der Waals surface area contributed by atoms with Crippen LogP contribution in [-0.4, -0.2) is 29.6 Å². The molecule has 1 aliphatic rings. The van der Waals surface area contributed by atoms with E-state index in [1.807, 2.05) is 12.1 Å². The van der Waals surface area contributed by atoms with E-state index in [4.69, 9.17) is 0 Å². The third-order valence-corrected chi connectivity index (χ3v) is 4.04. The lowest BCUT2D eigenvalue weighted by Crippen LogP contribution is -2.33.